The van der Waals surface area contributed by atoms with Crippen molar-refractivity contribution in [2.45, 2.75) is 37.3 Å². The molecular formula is C50H57N7O10S. The predicted molar refractivity (Wildman–Crippen MR) is 259 cm³/mol. The van der Waals surface area contributed by atoms with E-state index in [9.17, 15) is 27.4 Å². The number of aromatic nitrogens is 2. The lowest BCUT2D eigenvalue weighted by molar-refractivity contribution is -0.130. The zero-order valence-electron chi connectivity index (χ0n) is 37.9. The Morgan fingerprint density at radius 3 is 2.04 bits per heavy atom. The van der Waals surface area contributed by atoms with Gasteiger partial charge in [-0.2, -0.15) is 13.5 Å². The van der Waals surface area contributed by atoms with Crippen LogP contribution in [0.3, 0.4) is 0 Å². The fourth-order valence-electron chi connectivity index (χ4n) is 6.83. The highest BCUT2D eigenvalue weighted by Gasteiger charge is 2.20. The van der Waals surface area contributed by atoms with Gasteiger partial charge in [-0.3, -0.25) is 24.4 Å². The summed E-state index contributed by atoms with van der Waals surface area (Å²) in [4.78, 5) is 45.2. The van der Waals surface area contributed by atoms with E-state index in [4.69, 9.17) is 18.9 Å². The van der Waals surface area contributed by atoms with Gasteiger partial charge in [0.15, 0.2) is 0 Å². The minimum atomic E-state index is -4.40. The third kappa shape index (κ3) is 16.1. The number of carbonyl (C=O) groups excluding carboxylic acids is 3. The molecule has 68 heavy (non-hydrogen) atoms. The number of hydrogen-bond donors (Lipinski definition) is 4. The first-order chi connectivity index (χ1) is 33.0. The number of hydrazone groups is 1. The fourth-order valence-corrected chi connectivity index (χ4v) is 7.50. The molecule has 0 radical (unpaired) electrons. The van der Waals surface area contributed by atoms with Gasteiger partial charge >= 0.3 is 0 Å². The predicted octanol–water partition coefficient (Wildman–Crippen LogP) is 6.00. The summed E-state index contributed by atoms with van der Waals surface area (Å²) in [7, 11) is -2.62. The smallest absolute Gasteiger partial charge is 0.295 e. The Morgan fingerprint density at radius 1 is 0.750 bits per heavy atom. The minimum absolute atomic E-state index is 0.00671. The summed E-state index contributed by atoms with van der Waals surface area (Å²) in [5.74, 6) is 0.301. The number of fused-ring (bicyclic) bond motifs is 1. The molecule has 0 spiro atoms. The maximum atomic E-state index is 13.6. The largest absolute Gasteiger partial charge is 0.489 e. The number of amides is 3. The number of carbonyl (C=O) groups is 3. The molecule has 4 N–H and O–H groups in total. The second-order valence-electron chi connectivity index (χ2n) is 15.5. The Kier molecular flexibility index (Phi) is 19.6. The summed E-state index contributed by atoms with van der Waals surface area (Å²) in [6.45, 7) is 4.12. The standard InChI is InChI=1S/C50H57N7O10S/c1-56(25-22-38-12-4-2-5-13-38)48(58)36-57-44-20-19-43(67-37-39-14-6-3-7-15-39)32-42(44)33-45(57)50(60)52-24-11-27-65-29-31-66-30-28-64-26-10-23-51-49(59)41-18-21-47(53-34-41)55-54-35-40-16-8-9-17-46(40)68(61,62)63/h2-9,12-21,32-35H,10-11,22-31,36-37H2,1H3,(H,51,59)(H,52,60)(H,53,55)(H,61,62,63)/b54-35+. The molecule has 3 amide bonds. The van der Waals surface area contributed by atoms with Crippen molar-refractivity contribution in [3.05, 3.63) is 155 Å². The molecule has 0 aliphatic rings. The van der Waals surface area contributed by atoms with Crippen LogP contribution in [0, 0.1) is 0 Å². The number of nitrogens with zero attached hydrogens (tertiary/aromatic N) is 4. The molecule has 17 nitrogen and oxygen atoms in total. The van der Waals surface area contributed by atoms with Crippen molar-refractivity contribution < 1.29 is 46.3 Å². The number of nitrogens with one attached hydrogen (secondary N) is 3. The number of likely N-dealkylation sites (N-methyl/N-ethyl adjacent to an activating group) is 1. The summed E-state index contributed by atoms with van der Waals surface area (Å²) in [6.07, 6.45) is 4.53. The Morgan fingerprint density at radius 2 is 1.38 bits per heavy atom. The Bertz CT molecular complexity index is 2680. The first-order valence-electron chi connectivity index (χ1n) is 22.2. The number of ether oxygens (including phenoxy) is 4. The molecule has 0 bridgehead atoms. The van der Waals surface area contributed by atoms with Gasteiger partial charge in [-0.25, -0.2) is 4.98 Å². The number of benzene rings is 4. The van der Waals surface area contributed by atoms with Gasteiger partial charge < -0.3 is 39.0 Å². The first-order valence-corrected chi connectivity index (χ1v) is 23.7. The Hall–Kier alpha value is -6.96. The van der Waals surface area contributed by atoms with Crippen LogP contribution in [0.4, 0.5) is 5.82 Å². The maximum Gasteiger partial charge on any atom is 0.295 e. The third-order valence-electron chi connectivity index (χ3n) is 10.5. The van der Waals surface area contributed by atoms with E-state index in [0.29, 0.717) is 102 Å². The summed E-state index contributed by atoms with van der Waals surface area (Å²) in [5, 5.41) is 10.6. The summed E-state index contributed by atoms with van der Waals surface area (Å²) < 4.78 is 57.2. The van der Waals surface area contributed by atoms with Gasteiger partial charge in [-0.1, -0.05) is 78.9 Å². The van der Waals surface area contributed by atoms with E-state index < -0.39 is 10.1 Å². The van der Waals surface area contributed by atoms with Crippen LogP contribution in [0.2, 0.25) is 0 Å². The average Bonchev–Trinajstić information content (AvgIpc) is 3.71. The van der Waals surface area contributed by atoms with Gasteiger partial charge in [0.1, 0.15) is 35.3 Å². The van der Waals surface area contributed by atoms with Crippen molar-refractivity contribution in [2.24, 2.45) is 5.10 Å². The number of anilines is 1. The molecule has 4 aromatic carbocycles. The molecule has 0 unspecified atom stereocenters. The van der Waals surface area contributed by atoms with Crippen LogP contribution in [0.25, 0.3) is 10.9 Å². The van der Waals surface area contributed by atoms with Crippen molar-refractivity contribution >= 4 is 50.8 Å². The van der Waals surface area contributed by atoms with E-state index in [0.717, 1.165) is 28.5 Å². The zero-order valence-corrected chi connectivity index (χ0v) is 38.7. The lowest BCUT2D eigenvalue weighted by Crippen LogP contribution is -2.34. The SMILES string of the molecule is CN(CCc1ccccc1)C(=O)Cn1c(C(=O)NCCCOCCOCCOCCCNC(=O)c2ccc(N/N=C/c3ccccc3S(=O)(=O)O)nc2)cc2cc(OCc3ccccc3)ccc21. The van der Waals surface area contributed by atoms with E-state index in [-0.39, 0.29) is 34.7 Å². The molecule has 18 heteroatoms. The van der Waals surface area contributed by atoms with Crippen LogP contribution in [0.15, 0.2) is 138 Å². The van der Waals surface area contributed by atoms with Gasteiger partial charge in [-0.05, 0) is 72.9 Å². The normalized spacial score (nSPS) is 11.4. The van der Waals surface area contributed by atoms with Crippen LogP contribution in [-0.2, 0) is 48.7 Å². The molecule has 0 aliphatic heterocycles. The molecule has 2 aromatic heterocycles. The monoisotopic (exact) mass is 947 g/mol. The fraction of sp³-hybridized carbons (Fsp3) is 0.300. The van der Waals surface area contributed by atoms with E-state index in [1.807, 2.05) is 78.9 Å². The molecule has 0 saturated heterocycles. The molecule has 0 aliphatic carbocycles. The minimum Gasteiger partial charge on any atom is -0.489 e. The van der Waals surface area contributed by atoms with Gasteiger partial charge in [0.25, 0.3) is 21.9 Å². The van der Waals surface area contributed by atoms with Crippen molar-refractivity contribution in [2.75, 3.05) is 71.7 Å². The third-order valence-corrected chi connectivity index (χ3v) is 11.4. The van der Waals surface area contributed by atoms with Gasteiger partial charge in [0.2, 0.25) is 5.91 Å². The molecule has 0 saturated carbocycles. The molecule has 6 aromatic rings. The topological polar surface area (TPSA) is 212 Å². The van der Waals surface area contributed by atoms with Crippen molar-refractivity contribution in [3.63, 3.8) is 0 Å². The van der Waals surface area contributed by atoms with Crippen molar-refractivity contribution in [1.29, 1.82) is 0 Å². The van der Waals surface area contributed by atoms with Crippen molar-refractivity contribution in [1.82, 2.24) is 25.1 Å². The highest BCUT2D eigenvalue weighted by Crippen LogP contribution is 2.26. The van der Waals surface area contributed by atoms with Crippen LogP contribution >= 0.6 is 0 Å². The van der Waals surface area contributed by atoms with Gasteiger partial charge in [0, 0.05) is 62.6 Å². The first kappa shape index (κ1) is 50.5. The second kappa shape index (κ2) is 26.4. The zero-order chi connectivity index (χ0) is 48.0. The maximum absolute atomic E-state index is 13.6. The molecular weight excluding hydrogens is 891 g/mol. The summed E-state index contributed by atoms with van der Waals surface area (Å²) in [6, 6.07) is 36.3. The molecule has 0 fully saturated rings. The molecule has 0 atom stereocenters. The highest BCUT2D eigenvalue weighted by atomic mass is 32.2. The van der Waals surface area contributed by atoms with Crippen LogP contribution in [-0.4, -0.2) is 118 Å². The van der Waals surface area contributed by atoms with Crippen LogP contribution in [0.5, 0.6) is 5.75 Å². The lowest BCUT2D eigenvalue weighted by Gasteiger charge is -2.19. The van der Waals surface area contributed by atoms with Crippen molar-refractivity contribution in [3.8, 4) is 5.75 Å². The molecule has 2 heterocycles. The van der Waals surface area contributed by atoms with Gasteiger partial charge in [0.05, 0.1) is 38.2 Å². The quantitative estimate of drug-likeness (QED) is 0.0193. The van der Waals surface area contributed by atoms with E-state index in [2.05, 4.69) is 26.1 Å². The van der Waals surface area contributed by atoms with E-state index in [1.165, 1.54) is 30.6 Å². The number of rotatable bonds is 28. The molecule has 358 valence electrons. The summed E-state index contributed by atoms with van der Waals surface area (Å²) >= 11 is 0. The summed E-state index contributed by atoms with van der Waals surface area (Å²) in [5.41, 5.74) is 6.53. The molecule has 6 rings (SSSR count). The van der Waals surface area contributed by atoms with Gasteiger partial charge in [-0.15, -0.1) is 0 Å². The number of hydrogen-bond acceptors (Lipinski definition) is 12. The highest BCUT2D eigenvalue weighted by molar-refractivity contribution is 7.86. The van der Waals surface area contributed by atoms with E-state index in [1.54, 1.807) is 40.8 Å². The Balaban J connectivity index is 0.832. The average molecular weight is 948 g/mol. The van der Waals surface area contributed by atoms with Crippen LogP contribution < -0.4 is 20.8 Å². The number of pyridine rings is 1. The van der Waals surface area contributed by atoms with E-state index >= 15 is 0 Å². The van der Waals surface area contributed by atoms with Crippen LogP contribution in [0.1, 0.15) is 50.4 Å². The Labute approximate surface area is 396 Å². The lowest BCUT2D eigenvalue weighted by atomic mass is 10.1. The second-order valence-corrected chi connectivity index (χ2v) is 16.9.